The van der Waals surface area contributed by atoms with E-state index in [4.69, 9.17) is 0 Å². The van der Waals surface area contributed by atoms with E-state index in [0.717, 1.165) is 24.8 Å². The van der Waals surface area contributed by atoms with Crippen LogP contribution in [0.4, 0.5) is 0 Å². The van der Waals surface area contributed by atoms with E-state index in [-0.39, 0.29) is 12.1 Å². The summed E-state index contributed by atoms with van der Waals surface area (Å²) in [5, 5.41) is 12.9. The summed E-state index contributed by atoms with van der Waals surface area (Å²) in [7, 11) is 0. The molecule has 2 N–H and O–H groups in total. The van der Waals surface area contributed by atoms with Crippen molar-refractivity contribution in [3.05, 3.63) is 0 Å². The highest BCUT2D eigenvalue weighted by molar-refractivity contribution is 4.88. The molecule has 3 atom stereocenters. The van der Waals surface area contributed by atoms with Gasteiger partial charge in [0, 0.05) is 18.6 Å². The van der Waals surface area contributed by atoms with E-state index in [0.29, 0.717) is 0 Å². The molecule has 1 saturated carbocycles. The Balaban J connectivity index is 1.59. The molecule has 0 radical (unpaired) electrons. The van der Waals surface area contributed by atoms with Gasteiger partial charge in [0.05, 0.1) is 6.61 Å². The SMILES string of the molecule is CCNC(C)(CO)CCCCN1CC2CCCC2C1. The van der Waals surface area contributed by atoms with Crippen molar-refractivity contribution < 1.29 is 5.11 Å². The second-order valence-electron chi connectivity index (χ2n) is 6.92. The van der Waals surface area contributed by atoms with Crippen LogP contribution in [0.2, 0.25) is 0 Å². The van der Waals surface area contributed by atoms with Gasteiger partial charge < -0.3 is 15.3 Å². The number of hydrogen-bond donors (Lipinski definition) is 2. The van der Waals surface area contributed by atoms with Gasteiger partial charge >= 0.3 is 0 Å². The van der Waals surface area contributed by atoms with E-state index < -0.39 is 0 Å². The van der Waals surface area contributed by atoms with Gasteiger partial charge in [-0.05, 0) is 57.5 Å². The third kappa shape index (κ3) is 4.17. The fourth-order valence-corrected chi connectivity index (χ4v) is 4.02. The number of likely N-dealkylation sites (tertiary alicyclic amines) is 1. The second-order valence-corrected chi connectivity index (χ2v) is 6.92. The summed E-state index contributed by atoms with van der Waals surface area (Å²) in [4.78, 5) is 2.68. The Bertz CT molecular complexity index is 259. The summed E-state index contributed by atoms with van der Waals surface area (Å²) in [6.07, 6.45) is 8.00. The second kappa shape index (κ2) is 7.05. The number of rotatable bonds is 8. The molecular weight excluding hydrogens is 236 g/mol. The van der Waals surface area contributed by atoms with Gasteiger partial charge in [0.1, 0.15) is 0 Å². The van der Waals surface area contributed by atoms with Crippen molar-refractivity contribution in [2.24, 2.45) is 11.8 Å². The maximum Gasteiger partial charge on any atom is 0.0610 e. The maximum absolute atomic E-state index is 9.46. The highest BCUT2D eigenvalue weighted by Gasteiger charge is 2.35. The average molecular weight is 268 g/mol. The first kappa shape index (κ1) is 15.3. The zero-order valence-electron chi connectivity index (χ0n) is 12.8. The third-order valence-electron chi connectivity index (χ3n) is 5.21. The van der Waals surface area contributed by atoms with Gasteiger partial charge in [0.2, 0.25) is 0 Å². The molecule has 3 nitrogen and oxygen atoms in total. The lowest BCUT2D eigenvalue weighted by atomic mass is 9.95. The lowest BCUT2D eigenvalue weighted by molar-refractivity contribution is 0.163. The molecule has 3 heteroatoms. The van der Waals surface area contributed by atoms with Gasteiger partial charge in [-0.3, -0.25) is 0 Å². The fourth-order valence-electron chi connectivity index (χ4n) is 4.02. The molecule has 1 saturated heterocycles. The molecule has 2 aliphatic rings. The van der Waals surface area contributed by atoms with Crippen molar-refractivity contribution in [1.29, 1.82) is 0 Å². The number of nitrogens with one attached hydrogen (secondary N) is 1. The molecule has 0 bridgehead atoms. The number of hydrogen-bond acceptors (Lipinski definition) is 3. The zero-order valence-corrected chi connectivity index (χ0v) is 12.8. The highest BCUT2D eigenvalue weighted by atomic mass is 16.3. The van der Waals surface area contributed by atoms with Crippen molar-refractivity contribution in [3.63, 3.8) is 0 Å². The van der Waals surface area contributed by atoms with Crippen molar-refractivity contribution in [1.82, 2.24) is 10.2 Å². The van der Waals surface area contributed by atoms with Crippen LogP contribution in [0, 0.1) is 11.8 Å². The molecule has 2 rings (SSSR count). The minimum Gasteiger partial charge on any atom is -0.394 e. The number of unbranched alkanes of at least 4 members (excludes halogenated alkanes) is 1. The minimum atomic E-state index is -0.0731. The number of fused-ring (bicyclic) bond motifs is 1. The van der Waals surface area contributed by atoms with E-state index in [9.17, 15) is 5.11 Å². The molecule has 1 aliphatic carbocycles. The lowest BCUT2D eigenvalue weighted by Gasteiger charge is -2.28. The smallest absolute Gasteiger partial charge is 0.0610 e. The number of aliphatic hydroxyl groups is 1. The van der Waals surface area contributed by atoms with Gasteiger partial charge in [0.15, 0.2) is 0 Å². The molecule has 0 aromatic carbocycles. The Morgan fingerprint density at radius 2 is 1.89 bits per heavy atom. The molecule has 1 heterocycles. The molecule has 0 aromatic heterocycles. The monoisotopic (exact) mass is 268 g/mol. The van der Waals surface area contributed by atoms with Crippen LogP contribution in [0.15, 0.2) is 0 Å². The Hall–Kier alpha value is -0.120. The quantitative estimate of drug-likeness (QED) is 0.663. The third-order valence-corrected chi connectivity index (χ3v) is 5.21. The predicted octanol–water partition coefficient (Wildman–Crippen LogP) is 2.25. The molecule has 0 amide bonds. The van der Waals surface area contributed by atoms with Gasteiger partial charge in [-0.2, -0.15) is 0 Å². The molecular formula is C16H32N2O. The van der Waals surface area contributed by atoms with E-state index >= 15 is 0 Å². The van der Waals surface area contributed by atoms with Gasteiger partial charge in [-0.25, -0.2) is 0 Å². The minimum absolute atomic E-state index is 0.0731. The van der Waals surface area contributed by atoms with Crippen molar-refractivity contribution in [2.75, 3.05) is 32.8 Å². The van der Waals surface area contributed by atoms with Gasteiger partial charge in [0.25, 0.3) is 0 Å². The molecule has 0 aromatic rings. The van der Waals surface area contributed by atoms with Crippen LogP contribution >= 0.6 is 0 Å². The number of nitrogens with zero attached hydrogens (tertiary/aromatic N) is 1. The van der Waals surface area contributed by atoms with Crippen LogP contribution in [0.5, 0.6) is 0 Å². The summed E-state index contributed by atoms with van der Waals surface area (Å²) in [6, 6.07) is 0. The van der Waals surface area contributed by atoms with Crippen LogP contribution in [-0.2, 0) is 0 Å². The highest BCUT2D eigenvalue weighted by Crippen LogP contribution is 2.37. The standard InChI is InChI=1S/C16H32N2O/c1-3-17-16(2,13-19)9-4-5-10-18-11-14-7-6-8-15(14)12-18/h14-15,17,19H,3-13H2,1-2H3. The van der Waals surface area contributed by atoms with Crippen LogP contribution in [0.3, 0.4) is 0 Å². The van der Waals surface area contributed by atoms with Crippen LogP contribution in [-0.4, -0.2) is 48.3 Å². The first-order valence-corrected chi connectivity index (χ1v) is 8.25. The maximum atomic E-state index is 9.46. The van der Waals surface area contributed by atoms with E-state index in [2.05, 4.69) is 24.1 Å². The molecule has 0 spiro atoms. The Morgan fingerprint density at radius 3 is 2.47 bits per heavy atom. The van der Waals surface area contributed by atoms with Crippen molar-refractivity contribution >= 4 is 0 Å². The normalized spacial score (nSPS) is 30.5. The van der Waals surface area contributed by atoms with Crippen LogP contribution in [0.25, 0.3) is 0 Å². The number of aliphatic hydroxyl groups excluding tert-OH is 1. The first-order valence-electron chi connectivity index (χ1n) is 8.25. The average Bonchev–Trinajstić information content (AvgIpc) is 2.96. The zero-order chi connectivity index (χ0) is 13.7. The summed E-state index contributed by atoms with van der Waals surface area (Å²) >= 11 is 0. The predicted molar refractivity (Wildman–Crippen MR) is 80.3 cm³/mol. The van der Waals surface area contributed by atoms with E-state index in [1.54, 1.807) is 0 Å². The van der Waals surface area contributed by atoms with Crippen LogP contribution < -0.4 is 5.32 Å². The summed E-state index contributed by atoms with van der Waals surface area (Å²) in [5.74, 6) is 2.04. The topological polar surface area (TPSA) is 35.5 Å². The molecule has 112 valence electrons. The lowest BCUT2D eigenvalue weighted by Crippen LogP contribution is -2.45. The largest absolute Gasteiger partial charge is 0.394 e. The molecule has 19 heavy (non-hydrogen) atoms. The summed E-state index contributed by atoms with van der Waals surface area (Å²) < 4.78 is 0. The molecule has 2 fully saturated rings. The van der Waals surface area contributed by atoms with E-state index in [1.807, 2.05) is 0 Å². The van der Waals surface area contributed by atoms with Crippen molar-refractivity contribution in [2.45, 2.75) is 57.9 Å². The van der Waals surface area contributed by atoms with Crippen LogP contribution in [0.1, 0.15) is 52.4 Å². The molecule has 1 aliphatic heterocycles. The summed E-state index contributed by atoms with van der Waals surface area (Å²) in [6.45, 7) is 9.40. The number of likely N-dealkylation sites (N-methyl/N-ethyl adjacent to an activating group) is 1. The Kier molecular flexibility index (Phi) is 5.67. The van der Waals surface area contributed by atoms with Gasteiger partial charge in [-0.15, -0.1) is 0 Å². The Labute approximate surface area is 118 Å². The van der Waals surface area contributed by atoms with E-state index in [1.165, 1.54) is 51.7 Å². The Morgan fingerprint density at radius 1 is 1.21 bits per heavy atom. The summed E-state index contributed by atoms with van der Waals surface area (Å²) in [5.41, 5.74) is -0.0731. The molecule has 3 unspecified atom stereocenters. The fraction of sp³-hybridized carbons (Fsp3) is 1.00. The van der Waals surface area contributed by atoms with Crippen molar-refractivity contribution in [3.8, 4) is 0 Å². The van der Waals surface area contributed by atoms with Gasteiger partial charge in [-0.1, -0.05) is 19.8 Å². The first-order chi connectivity index (χ1) is 9.17.